The molecule has 5 heteroatoms. The van der Waals surface area contributed by atoms with Crippen LogP contribution in [0, 0.1) is 0 Å². The molecular formula is C14H17NO4. The Kier molecular flexibility index (Phi) is 3.29. The van der Waals surface area contributed by atoms with E-state index in [1.807, 2.05) is 0 Å². The maximum Gasteiger partial charge on any atom is 0.256 e. The number of unbranched alkanes of at least 4 members (excludes halogenated alkanes) is 1. The number of carbonyl (C=O) groups excluding carboxylic acids is 1. The van der Waals surface area contributed by atoms with Crippen molar-refractivity contribution in [1.29, 1.82) is 0 Å². The van der Waals surface area contributed by atoms with Gasteiger partial charge in [-0.2, -0.15) is 0 Å². The first kappa shape index (κ1) is 12.3. The number of anilines is 1. The molecule has 3 rings (SSSR count). The molecule has 1 aromatic carbocycles. The molecule has 102 valence electrons. The van der Waals surface area contributed by atoms with E-state index in [2.05, 4.69) is 12.2 Å². The normalized spacial score (nSPS) is 23.2. The molecule has 2 aliphatic heterocycles. The highest BCUT2D eigenvalue weighted by Crippen LogP contribution is 2.35. The Morgan fingerprint density at radius 2 is 2.21 bits per heavy atom. The lowest BCUT2D eigenvalue weighted by Crippen LogP contribution is -2.19. The van der Waals surface area contributed by atoms with E-state index in [9.17, 15) is 4.79 Å². The third kappa shape index (κ3) is 2.66. The highest BCUT2D eigenvalue weighted by atomic mass is 16.7. The molecule has 2 aliphatic rings. The van der Waals surface area contributed by atoms with Crippen LogP contribution in [-0.4, -0.2) is 24.9 Å². The van der Waals surface area contributed by atoms with Gasteiger partial charge in [0.2, 0.25) is 6.79 Å². The van der Waals surface area contributed by atoms with Crippen LogP contribution in [0.1, 0.15) is 26.2 Å². The number of hydrogen-bond donors (Lipinski definition) is 1. The molecule has 0 bridgehead atoms. The van der Waals surface area contributed by atoms with Crippen LogP contribution in [0.15, 0.2) is 18.2 Å². The molecule has 0 radical (unpaired) electrons. The van der Waals surface area contributed by atoms with E-state index in [0.717, 1.165) is 19.3 Å². The standard InChI is InChI=1S/C14H17NO4/c1-2-3-4-11-13(19-11)14(16)15-9-5-6-10-12(7-9)18-8-17-10/h5-7,11,13H,2-4,8H2,1H3,(H,15,16). The average molecular weight is 263 g/mol. The minimum Gasteiger partial charge on any atom is -0.454 e. The Morgan fingerprint density at radius 1 is 1.37 bits per heavy atom. The van der Waals surface area contributed by atoms with Crippen molar-refractivity contribution in [3.63, 3.8) is 0 Å². The lowest BCUT2D eigenvalue weighted by molar-refractivity contribution is -0.117. The number of hydrogen-bond acceptors (Lipinski definition) is 4. The van der Waals surface area contributed by atoms with Crippen molar-refractivity contribution in [2.24, 2.45) is 0 Å². The van der Waals surface area contributed by atoms with Crippen LogP contribution < -0.4 is 14.8 Å². The summed E-state index contributed by atoms with van der Waals surface area (Å²) in [5, 5.41) is 2.84. The molecule has 1 saturated heterocycles. The largest absolute Gasteiger partial charge is 0.454 e. The van der Waals surface area contributed by atoms with E-state index in [4.69, 9.17) is 14.2 Å². The van der Waals surface area contributed by atoms with Crippen molar-refractivity contribution in [2.75, 3.05) is 12.1 Å². The zero-order chi connectivity index (χ0) is 13.2. The summed E-state index contributed by atoms with van der Waals surface area (Å²) < 4.78 is 15.9. The predicted octanol–water partition coefficient (Wildman–Crippen LogP) is 2.31. The number of epoxide rings is 1. The van der Waals surface area contributed by atoms with Gasteiger partial charge < -0.3 is 19.5 Å². The zero-order valence-corrected chi connectivity index (χ0v) is 10.8. The van der Waals surface area contributed by atoms with Gasteiger partial charge in [-0.25, -0.2) is 0 Å². The molecule has 1 N–H and O–H groups in total. The maximum absolute atomic E-state index is 11.9. The summed E-state index contributed by atoms with van der Waals surface area (Å²) in [5.41, 5.74) is 0.707. The third-order valence-electron chi connectivity index (χ3n) is 3.32. The number of amides is 1. The second-order valence-electron chi connectivity index (χ2n) is 4.79. The lowest BCUT2D eigenvalue weighted by atomic mass is 10.1. The van der Waals surface area contributed by atoms with Crippen LogP contribution in [0.2, 0.25) is 0 Å². The Balaban J connectivity index is 1.56. The first-order valence-electron chi connectivity index (χ1n) is 6.64. The lowest BCUT2D eigenvalue weighted by Gasteiger charge is -2.04. The van der Waals surface area contributed by atoms with E-state index < -0.39 is 0 Å². The van der Waals surface area contributed by atoms with Crippen molar-refractivity contribution in [3.05, 3.63) is 18.2 Å². The topological polar surface area (TPSA) is 60.1 Å². The molecule has 1 fully saturated rings. The number of carbonyl (C=O) groups is 1. The SMILES string of the molecule is CCCCC1OC1C(=O)Nc1ccc2c(c1)OCO2. The minimum atomic E-state index is -0.294. The van der Waals surface area contributed by atoms with Crippen molar-refractivity contribution < 1.29 is 19.0 Å². The van der Waals surface area contributed by atoms with E-state index >= 15 is 0 Å². The van der Waals surface area contributed by atoms with Gasteiger partial charge in [0.1, 0.15) is 0 Å². The first-order valence-corrected chi connectivity index (χ1v) is 6.64. The Hall–Kier alpha value is -1.75. The smallest absolute Gasteiger partial charge is 0.256 e. The molecule has 0 spiro atoms. The van der Waals surface area contributed by atoms with Crippen molar-refractivity contribution in [2.45, 2.75) is 38.4 Å². The van der Waals surface area contributed by atoms with Crippen LogP contribution in [0.25, 0.3) is 0 Å². The molecule has 19 heavy (non-hydrogen) atoms. The summed E-state index contributed by atoms with van der Waals surface area (Å²) in [4.78, 5) is 11.9. The van der Waals surface area contributed by atoms with Gasteiger partial charge in [-0.1, -0.05) is 19.8 Å². The van der Waals surface area contributed by atoms with E-state index in [1.54, 1.807) is 18.2 Å². The number of nitrogens with one attached hydrogen (secondary N) is 1. The van der Waals surface area contributed by atoms with Crippen LogP contribution in [0.5, 0.6) is 11.5 Å². The summed E-state index contributed by atoms with van der Waals surface area (Å²) in [6.45, 7) is 2.36. The zero-order valence-electron chi connectivity index (χ0n) is 10.8. The number of ether oxygens (including phenoxy) is 3. The van der Waals surface area contributed by atoms with Gasteiger partial charge >= 0.3 is 0 Å². The highest BCUT2D eigenvalue weighted by molar-refractivity contribution is 5.96. The quantitative estimate of drug-likeness (QED) is 0.828. The molecule has 2 atom stereocenters. The molecule has 1 aromatic rings. The minimum absolute atomic E-state index is 0.0834. The van der Waals surface area contributed by atoms with E-state index in [0.29, 0.717) is 17.2 Å². The molecule has 0 aromatic heterocycles. The summed E-state index contributed by atoms with van der Waals surface area (Å²) in [7, 11) is 0. The number of benzene rings is 1. The predicted molar refractivity (Wildman–Crippen MR) is 69.4 cm³/mol. The van der Waals surface area contributed by atoms with Gasteiger partial charge in [0.25, 0.3) is 5.91 Å². The van der Waals surface area contributed by atoms with E-state index in [1.165, 1.54) is 0 Å². The van der Waals surface area contributed by atoms with Crippen molar-refractivity contribution >= 4 is 11.6 Å². The summed E-state index contributed by atoms with van der Waals surface area (Å²) in [5.74, 6) is 1.29. The molecule has 1 amide bonds. The Labute approximate surface area is 111 Å². The molecule has 2 unspecified atom stereocenters. The van der Waals surface area contributed by atoms with Crippen LogP contribution >= 0.6 is 0 Å². The fourth-order valence-corrected chi connectivity index (χ4v) is 2.19. The number of fused-ring (bicyclic) bond motifs is 1. The van der Waals surface area contributed by atoms with Gasteiger partial charge in [0.15, 0.2) is 17.6 Å². The van der Waals surface area contributed by atoms with Gasteiger partial charge in [0.05, 0.1) is 6.10 Å². The molecular weight excluding hydrogens is 246 g/mol. The van der Waals surface area contributed by atoms with Crippen LogP contribution in [-0.2, 0) is 9.53 Å². The second kappa shape index (κ2) is 5.09. The fraction of sp³-hybridized carbons (Fsp3) is 0.500. The fourth-order valence-electron chi connectivity index (χ4n) is 2.19. The summed E-state index contributed by atoms with van der Waals surface area (Å²) in [6.07, 6.45) is 2.97. The van der Waals surface area contributed by atoms with Gasteiger partial charge in [0, 0.05) is 11.8 Å². The number of rotatable bonds is 5. The van der Waals surface area contributed by atoms with E-state index in [-0.39, 0.29) is 24.9 Å². The van der Waals surface area contributed by atoms with Gasteiger partial charge in [-0.15, -0.1) is 0 Å². The molecule has 0 aliphatic carbocycles. The monoisotopic (exact) mass is 263 g/mol. The molecule has 2 heterocycles. The van der Waals surface area contributed by atoms with Gasteiger partial charge in [-0.3, -0.25) is 4.79 Å². The average Bonchev–Trinajstić information content (AvgIpc) is 3.05. The van der Waals surface area contributed by atoms with Crippen LogP contribution in [0.4, 0.5) is 5.69 Å². The Morgan fingerprint density at radius 3 is 3.05 bits per heavy atom. The summed E-state index contributed by atoms with van der Waals surface area (Å²) >= 11 is 0. The maximum atomic E-state index is 11.9. The van der Waals surface area contributed by atoms with Crippen molar-refractivity contribution in [3.8, 4) is 11.5 Å². The second-order valence-corrected chi connectivity index (χ2v) is 4.79. The first-order chi connectivity index (χ1) is 9.28. The third-order valence-corrected chi connectivity index (χ3v) is 3.32. The highest BCUT2D eigenvalue weighted by Gasteiger charge is 2.44. The summed E-state index contributed by atoms with van der Waals surface area (Å²) in [6, 6.07) is 5.36. The Bertz CT molecular complexity index is 488. The van der Waals surface area contributed by atoms with Gasteiger partial charge in [-0.05, 0) is 18.6 Å². The van der Waals surface area contributed by atoms with Crippen LogP contribution in [0.3, 0.4) is 0 Å². The molecule has 5 nitrogen and oxygen atoms in total. The van der Waals surface area contributed by atoms with Crippen molar-refractivity contribution in [1.82, 2.24) is 0 Å². The molecule has 0 saturated carbocycles.